The smallest absolute Gasteiger partial charge is 0.438 e. The van der Waals surface area contributed by atoms with Crippen molar-refractivity contribution in [2.75, 3.05) is 0 Å². The summed E-state index contributed by atoms with van der Waals surface area (Å²) < 4.78 is 28.7. The number of benzene rings is 6. The molecule has 0 fully saturated rings. The Morgan fingerprint density at radius 1 is 0.482 bits per heavy atom. The summed E-state index contributed by atoms with van der Waals surface area (Å²) in [4.78, 5) is 20.0. The first kappa shape index (κ1) is 38.3. The fourth-order valence-corrected chi connectivity index (χ4v) is 15.6. The normalized spacial score (nSPS) is 19.5. The van der Waals surface area contributed by atoms with Crippen molar-refractivity contribution in [3.63, 3.8) is 0 Å². The number of rotatable bonds is 12. The molecule has 6 aromatic carbocycles. The summed E-state index contributed by atoms with van der Waals surface area (Å²) in [6, 6.07) is 52.0. The first-order valence-corrected chi connectivity index (χ1v) is 22.4. The quantitative estimate of drug-likeness (QED) is 0.108. The van der Waals surface area contributed by atoms with Gasteiger partial charge in [-0.3, -0.25) is 4.52 Å². The van der Waals surface area contributed by atoms with Gasteiger partial charge in [-0.05, 0) is 72.8 Å². The van der Waals surface area contributed by atoms with Crippen molar-refractivity contribution in [2.45, 2.75) is 0 Å². The van der Waals surface area contributed by atoms with E-state index in [0.29, 0.717) is 17.2 Å². The number of nitrogens with zero attached hydrogens (tertiary/aromatic N) is 7. The van der Waals surface area contributed by atoms with E-state index in [0.717, 1.165) is 4.60 Å². The predicted octanol–water partition coefficient (Wildman–Crippen LogP) is 11.9. The Morgan fingerprint density at radius 2 is 0.875 bits per heavy atom. The summed E-state index contributed by atoms with van der Waals surface area (Å²) in [7, 11) is -14.1. The SMILES string of the molecule is N#CP1(C#N)=NP(Oc2ccccc2)N(Oc2ccccc2)P(Oc2ccccc2)N(Oc2ccccc2)[P+](C#N)(Oc2ccccc2)N1Oc1ccccc1. The van der Waals surface area contributed by atoms with Crippen LogP contribution in [-0.2, 0) is 0 Å². The maximum atomic E-state index is 11.8. The van der Waals surface area contributed by atoms with Crippen molar-refractivity contribution >= 4 is 31.9 Å². The van der Waals surface area contributed by atoms with Crippen LogP contribution in [0.1, 0.15) is 0 Å². The molecule has 13 nitrogen and oxygen atoms in total. The van der Waals surface area contributed by atoms with E-state index in [4.69, 9.17) is 32.6 Å². The minimum atomic E-state index is -4.54. The molecule has 0 aromatic heterocycles. The zero-order chi connectivity index (χ0) is 38.6. The minimum absolute atomic E-state index is 0.188. The van der Waals surface area contributed by atoms with Gasteiger partial charge in [-0.25, -0.2) is 0 Å². The van der Waals surface area contributed by atoms with Gasteiger partial charge in [-0.1, -0.05) is 109 Å². The van der Waals surface area contributed by atoms with Crippen LogP contribution in [0.25, 0.3) is 0 Å². The maximum Gasteiger partial charge on any atom is 0.525 e. The van der Waals surface area contributed by atoms with Gasteiger partial charge >= 0.3 is 37.7 Å². The highest BCUT2D eigenvalue weighted by Gasteiger charge is 2.75. The summed E-state index contributed by atoms with van der Waals surface area (Å²) in [6.07, 6.45) is 0. The maximum absolute atomic E-state index is 11.8. The van der Waals surface area contributed by atoms with Crippen LogP contribution < -0.4 is 28.1 Å². The summed E-state index contributed by atoms with van der Waals surface area (Å²) in [5.74, 6) is 8.32. The Hall–Kier alpha value is -6.01. The van der Waals surface area contributed by atoms with E-state index >= 15 is 0 Å². The number of para-hydroxylation sites is 6. The van der Waals surface area contributed by atoms with Crippen molar-refractivity contribution in [3.8, 4) is 51.9 Å². The highest BCUT2D eigenvalue weighted by Crippen LogP contribution is 2.84. The van der Waals surface area contributed by atoms with Crippen LogP contribution in [0.4, 0.5) is 0 Å². The van der Waals surface area contributed by atoms with E-state index in [2.05, 4.69) is 17.4 Å². The fraction of sp³-hybridized carbons (Fsp3) is 0. The lowest BCUT2D eigenvalue weighted by Gasteiger charge is -2.41. The Balaban J connectivity index is 1.59. The molecule has 276 valence electrons. The lowest BCUT2D eigenvalue weighted by Crippen LogP contribution is -2.42. The van der Waals surface area contributed by atoms with Gasteiger partial charge in [-0.2, -0.15) is 15.0 Å². The van der Waals surface area contributed by atoms with Crippen LogP contribution in [0, 0.1) is 33.2 Å². The predicted molar refractivity (Wildman–Crippen MR) is 215 cm³/mol. The van der Waals surface area contributed by atoms with E-state index < -0.39 is 31.9 Å². The third-order valence-electron chi connectivity index (χ3n) is 7.39. The summed E-state index contributed by atoms with van der Waals surface area (Å²) >= 11 is 0. The zero-order valence-electron chi connectivity index (χ0n) is 29.2. The van der Waals surface area contributed by atoms with Crippen molar-refractivity contribution in [1.29, 1.82) is 15.8 Å². The molecule has 0 amide bonds. The molecule has 1 aliphatic heterocycles. The molecule has 0 aliphatic carbocycles. The van der Waals surface area contributed by atoms with Crippen molar-refractivity contribution in [1.82, 2.24) is 13.8 Å². The molecule has 0 saturated carbocycles. The standard InChI is InChI=1S/C39H30N7O6P4/c40-31-55(32-41)43-53(50-37-25-13-4-14-26-37)44(47-34-19-7-1-8-20-34)54(51-38-27-15-5-16-28-38)45(48-35-21-9-2-10-22-35)56(33-42,52-39-29-17-6-18-30-39)46(55)49-36-23-11-3-12-24-36/h1-30H/q+1. The highest BCUT2D eigenvalue weighted by molar-refractivity contribution is 7.92. The molecule has 0 radical (unpaired) electrons. The molecular formula is C39H30N7O6P4+. The van der Waals surface area contributed by atoms with E-state index in [-0.39, 0.29) is 17.2 Å². The lowest BCUT2D eigenvalue weighted by atomic mass is 10.3. The minimum Gasteiger partial charge on any atom is -0.438 e. The topological polar surface area (TPSA) is 149 Å². The second kappa shape index (κ2) is 18.1. The molecule has 0 bridgehead atoms. The van der Waals surface area contributed by atoms with Crippen LogP contribution in [0.15, 0.2) is 187 Å². The molecule has 1 heterocycles. The molecule has 6 aromatic rings. The van der Waals surface area contributed by atoms with Crippen LogP contribution >= 0.6 is 31.9 Å². The van der Waals surface area contributed by atoms with Crippen molar-refractivity contribution in [3.05, 3.63) is 182 Å². The van der Waals surface area contributed by atoms with Crippen LogP contribution in [0.2, 0.25) is 0 Å². The Kier molecular flexibility index (Phi) is 12.4. The molecule has 0 N–H and O–H groups in total. The van der Waals surface area contributed by atoms with E-state index in [1.54, 1.807) is 164 Å². The van der Waals surface area contributed by atoms with Crippen LogP contribution in [-0.4, -0.2) is 13.8 Å². The molecule has 56 heavy (non-hydrogen) atoms. The van der Waals surface area contributed by atoms with Gasteiger partial charge in [0.25, 0.3) is 0 Å². The second-order valence-corrected chi connectivity index (χ2v) is 19.5. The second-order valence-electron chi connectivity index (χ2n) is 11.2. The lowest BCUT2D eigenvalue weighted by molar-refractivity contribution is 0.0407. The molecule has 17 heteroatoms. The monoisotopic (exact) mass is 816 g/mol. The number of nitriles is 3. The third kappa shape index (κ3) is 8.60. The summed E-state index contributed by atoms with van der Waals surface area (Å²) in [5.41, 5.74) is 0. The first-order chi connectivity index (χ1) is 27.6. The molecule has 0 saturated heterocycles. The summed E-state index contributed by atoms with van der Waals surface area (Å²) in [6.45, 7) is 0. The van der Waals surface area contributed by atoms with E-state index in [1.807, 2.05) is 18.2 Å². The molecule has 3 atom stereocenters. The van der Waals surface area contributed by atoms with Crippen molar-refractivity contribution in [2.24, 2.45) is 4.52 Å². The van der Waals surface area contributed by atoms with Crippen molar-refractivity contribution < 1.29 is 28.1 Å². The van der Waals surface area contributed by atoms with E-state index in [9.17, 15) is 15.8 Å². The van der Waals surface area contributed by atoms with Gasteiger partial charge in [0.1, 0.15) is 38.1 Å². The van der Waals surface area contributed by atoms with Gasteiger partial charge in [-0.15, -0.1) is 5.26 Å². The number of hydrogen-bond acceptors (Lipinski definition) is 13. The average molecular weight is 817 g/mol. The van der Waals surface area contributed by atoms with Gasteiger partial charge in [0.2, 0.25) is 0 Å². The Morgan fingerprint density at radius 3 is 1.32 bits per heavy atom. The summed E-state index contributed by atoms with van der Waals surface area (Å²) in [5, 5.41) is 34.3. The Labute approximate surface area is 327 Å². The molecular weight excluding hydrogens is 786 g/mol. The van der Waals surface area contributed by atoms with Crippen LogP contribution in [0.3, 0.4) is 0 Å². The van der Waals surface area contributed by atoms with Crippen LogP contribution in [0.5, 0.6) is 34.5 Å². The first-order valence-electron chi connectivity index (χ1n) is 16.7. The fourth-order valence-electron chi connectivity index (χ4n) is 4.86. The Bertz CT molecular complexity index is 2360. The largest absolute Gasteiger partial charge is 0.525 e. The molecule has 1 aliphatic rings. The molecule has 3 unspecified atom stereocenters. The molecule has 7 rings (SSSR count). The van der Waals surface area contributed by atoms with E-state index in [1.165, 1.54) is 9.21 Å². The highest BCUT2D eigenvalue weighted by atomic mass is 31.3. The number of hydrogen-bond donors (Lipinski definition) is 0. The van der Waals surface area contributed by atoms with Gasteiger partial charge in [0.05, 0.1) is 0 Å². The van der Waals surface area contributed by atoms with Gasteiger partial charge in [0, 0.05) is 4.60 Å². The third-order valence-corrected chi connectivity index (χ3v) is 17.5. The van der Waals surface area contributed by atoms with Gasteiger partial charge < -0.3 is 23.6 Å². The van der Waals surface area contributed by atoms with Gasteiger partial charge in [0.15, 0.2) is 17.2 Å². The molecule has 0 spiro atoms. The zero-order valence-corrected chi connectivity index (χ0v) is 32.8. The average Bonchev–Trinajstić information content (AvgIpc) is 3.26.